The van der Waals surface area contributed by atoms with Crippen molar-refractivity contribution in [2.45, 2.75) is 20.3 Å². The summed E-state index contributed by atoms with van der Waals surface area (Å²) in [5, 5.41) is 5.60. The highest BCUT2D eigenvalue weighted by Gasteiger charge is 2.41. The van der Waals surface area contributed by atoms with Gasteiger partial charge in [0.25, 0.3) is 11.8 Å². The van der Waals surface area contributed by atoms with Gasteiger partial charge in [-0.25, -0.2) is 4.90 Å². The SMILES string of the molecule is CCCOc1cccc(N2C(=O)C(Nc3cc(Cl)ccc3C)=C(c3cccs3)C2=O)c1. The second-order valence-electron chi connectivity index (χ2n) is 7.10. The van der Waals surface area contributed by atoms with E-state index in [1.807, 2.05) is 43.5 Å². The Morgan fingerprint density at radius 1 is 1.06 bits per heavy atom. The maximum Gasteiger partial charge on any atom is 0.282 e. The van der Waals surface area contributed by atoms with Crippen molar-refractivity contribution in [3.8, 4) is 5.75 Å². The summed E-state index contributed by atoms with van der Waals surface area (Å²) in [7, 11) is 0. The number of hydrogen-bond donors (Lipinski definition) is 1. The smallest absolute Gasteiger partial charge is 0.282 e. The lowest BCUT2D eigenvalue weighted by Gasteiger charge is -2.17. The van der Waals surface area contributed by atoms with E-state index in [1.165, 1.54) is 16.2 Å². The third-order valence-corrected chi connectivity index (χ3v) is 5.98. The Bertz CT molecular complexity index is 1170. The summed E-state index contributed by atoms with van der Waals surface area (Å²) >= 11 is 7.57. The molecule has 1 aliphatic rings. The topological polar surface area (TPSA) is 58.6 Å². The van der Waals surface area contributed by atoms with Crippen molar-refractivity contribution in [1.29, 1.82) is 0 Å². The van der Waals surface area contributed by atoms with Crippen LogP contribution in [-0.2, 0) is 9.59 Å². The van der Waals surface area contributed by atoms with Crippen LogP contribution in [0.2, 0.25) is 5.02 Å². The van der Waals surface area contributed by atoms with E-state index < -0.39 is 5.91 Å². The Hall–Kier alpha value is -3.09. The van der Waals surface area contributed by atoms with Gasteiger partial charge in [-0.05, 0) is 54.6 Å². The predicted molar refractivity (Wildman–Crippen MR) is 126 cm³/mol. The molecular weight excluding hydrogens is 432 g/mol. The molecule has 2 heterocycles. The number of imide groups is 1. The highest BCUT2D eigenvalue weighted by Crippen LogP contribution is 2.37. The van der Waals surface area contributed by atoms with Gasteiger partial charge in [-0.15, -0.1) is 11.3 Å². The summed E-state index contributed by atoms with van der Waals surface area (Å²) in [5.41, 5.74) is 2.64. The van der Waals surface area contributed by atoms with Gasteiger partial charge < -0.3 is 10.1 Å². The maximum absolute atomic E-state index is 13.5. The summed E-state index contributed by atoms with van der Waals surface area (Å²) < 4.78 is 5.69. The molecule has 1 aromatic heterocycles. The average molecular weight is 453 g/mol. The lowest BCUT2D eigenvalue weighted by atomic mass is 10.1. The van der Waals surface area contributed by atoms with Crippen LogP contribution in [-0.4, -0.2) is 18.4 Å². The minimum atomic E-state index is -0.416. The fourth-order valence-corrected chi connectivity index (χ4v) is 4.27. The van der Waals surface area contributed by atoms with Crippen LogP contribution >= 0.6 is 22.9 Å². The summed E-state index contributed by atoms with van der Waals surface area (Å²) in [4.78, 5) is 28.8. The summed E-state index contributed by atoms with van der Waals surface area (Å²) in [6.07, 6.45) is 0.864. The van der Waals surface area contributed by atoms with Gasteiger partial charge in [-0.3, -0.25) is 9.59 Å². The van der Waals surface area contributed by atoms with Crippen LogP contribution in [0.1, 0.15) is 23.8 Å². The number of anilines is 2. The lowest BCUT2D eigenvalue weighted by molar-refractivity contribution is -0.120. The molecule has 1 N–H and O–H groups in total. The number of carbonyl (C=O) groups is 2. The van der Waals surface area contributed by atoms with Crippen LogP contribution in [0, 0.1) is 6.92 Å². The monoisotopic (exact) mass is 452 g/mol. The Labute approximate surface area is 189 Å². The fraction of sp³-hybridized carbons (Fsp3) is 0.167. The largest absolute Gasteiger partial charge is 0.494 e. The van der Waals surface area contributed by atoms with Gasteiger partial charge in [-0.2, -0.15) is 0 Å². The van der Waals surface area contributed by atoms with Crippen LogP contribution in [0.4, 0.5) is 11.4 Å². The van der Waals surface area contributed by atoms with E-state index in [-0.39, 0.29) is 11.6 Å². The summed E-state index contributed by atoms with van der Waals surface area (Å²) in [6.45, 7) is 4.49. The Morgan fingerprint density at radius 3 is 2.65 bits per heavy atom. The molecular formula is C24H21ClN2O3S. The van der Waals surface area contributed by atoms with Crippen molar-refractivity contribution >= 4 is 51.7 Å². The zero-order valence-corrected chi connectivity index (χ0v) is 18.7. The van der Waals surface area contributed by atoms with E-state index in [4.69, 9.17) is 16.3 Å². The first-order chi connectivity index (χ1) is 15.0. The number of benzene rings is 2. The number of nitrogens with zero attached hydrogens (tertiary/aromatic N) is 1. The van der Waals surface area contributed by atoms with Crippen LogP contribution in [0.25, 0.3) is 5.57 Å². The Balaban J connectivity index is 1.76. The molecule has 4 rings (SSSR count). The number of halogens is 1. The van der Waals surface area contributed by atoms with Crippen LogP contribution in [0.5, 0.6) is 5.75 Å². The fourth-order valence-electron chi connectivity index (χ4n) is 3.33. The van der Waals surface area contributed by atoms with Crippen molar-refractivity contribution in [1.82, 2.24) is 0 Å². The zero-order valence-electron chi connectivity index (χ0n) is 17.1. The molecule has 2 amide bonds. The van der Waals surface area contributed by atoms with E-state index in [1.54, 1.807) is 30.3 Å². The van der Waals surface area contributed by atoms with Crippen LogP contribution in [0.3, 0.4) is 0 Å². The number of aryl methyl sites for hydroxylation is 1. The number of nitrogens with one attached hydrogen (secondary N) is 1. The highest BCUT2D eigenvalue weighted by molar-refractivity contribution is 7.11. The molecule has 5 nitrogen and oxygen atoms in total. The van der Waals surface area contributed by atoms with Gasteiger partial charge in [0.1, 0.15) is 11.4 Å². The molecule has 31 heavy (non-hydrogen) atoms. The first kappa shape index (κ1) is 21.2. The van der Waals surface area contributed by atoms with Crippen molar-refractivity contribution < 1.29 is 14.3 Å². The minimum absolute atomic E-state index is 0.234. The average Bonchev–Trinajstić information content (AvgIpc) is 3.36. The molecule has 3 aromatic rings. The first-order valence-electron chi connectivity index (χ1n) is 9.92. The molecule has 0 spiro atoms. The van der Waals surface area contributed by atoms with Crippen molar-refractivity contribution in [3.05, 3.63) is 81.1 Å². The van der Waals surface area contributed by atoms with Crippen molar-refractivity contribution in [2.75, 3.05) is 16.8 Å². The number of ether oxygens (including phenoxy) is 1. The number of thiophene rings is 1. The van der Waals surface area contributed by atoms with Gasteiger partial charge >= 0.3 is 0 Å². The van der Waals surface area contributed by atoms with E-state index >= 15 is 0 Å². The molecule has 158 valence electrons. The molecule has 0 atom stereocenters. The summed E-state index contributed by atoms with van der Waals surface area (Å²) in [6, 6.07) is 16.1. The standard InChI is InChI=1S/C24H21ClN2O3S/c1-3-11-30-18-7-4-6-17(14-18)27-23(28)21(20-8-5-12-31-20)22(24(27)29)26-19-13-16(25)10-9-15(19)2/h4-10,12-14,26H,3,11H2,1-2H3. The Morgan fingerprint density at radius 2 is 1.90 bits per heavy atom. The molecule has 0 saturated heterocycles. The molecule has 0 fully saturated rings. The molecule has 2 aromatic carbocycles. The second-order valence-corrected chi connectivity index (χ2v) is 8.49. The van der Waals surface area contributed by atoms with Crippen LogP contribution in [0.15, 0.2) is 65.7 Å². The van der Waals surface area contributed by atoms with Gasteiger partial charge in [-0.1, -0.05) is 36.7 Å². The van der Waals surface area contributed by atoms with Gasteiger partial charge in [0.05, 0.1) is 17.9 Å². The van der Waals surface area contributed by atoms with E-state index in [0.717, 1.165) is 16.9 Å². The predicted octanol–water partition coefficient (Wildman–Crippen LogP) is 5.90. The molecule has 1 aliphatic heterocycles. The minimum Gasteiger partial charge on any atom is -0.494 e. The number of rotatable bonds is 7. The third kappa shape index (κ3) is 4.22. The van der Waals surface area contributed by atoms with Crippen LogP contribution < -0.4 is 15.0 Å². The molecule has 0 saturated carbocycles. The quantitative estimate of drug-likeness (QED) is 0.454. The number of hydrogen-bond acceptors (Lipinski definition) is 5. The molecule has 0 radical (unpaired) electrons. The van der Waals surface area contributed by atoms with Crippen molar-refractivity contribution in [3.63, 3.8) is 0 Å². The van der Waals surface area contributed by atoms with Gasteiger partial charge in [0, 0.05) is 21.7 Å². The lowest BCUT2D eigenvalue weighted by Crippen LogP contribution is -2.32. The number of carbonyl (C=O) groups excluding carboxylic acids is 2. The zero-order chi connectivity index (χ0) is 22.0. The maximum atomic E-state index is 13.5. The molecule has 0 aliphatic carbocycles. The second kappa shape index (κ2) is 8.96. The molecule has 0 unspecified atom stereocenters. The molecule has 7 heteroatoms. The normalized spacial score (nSPS) is 13.8. The summed E-state index contributed by atoms with van der Waals surface area (Å²) in [5.74, 6) is -0.174. The van der Waals surface area contributed by atoms with Gasteiger partial charge in [0.2, 0.25) is 0 Å². The highest BCUT2D eigenvalue weighted by atomic mass is 35.5. The Kier molecular flexibility index (Phi) is 6.11. The first-order valence-corrected chi connectivity index (χ1v) is 11.2. The van der Waals surface area contributed by atoms with E-state index in [0.29, 0.717) is 34.3 Å². The van der Waals surface area contributed by atoms with E-state index in [2.05, 4.69) is 5.32 Å². The van der Waals surface area contributed by atoms with Gasteiger partial charge in [0.15, 0.2) is 0 Å². The van der Waals surface area contributed by atoms with Crippen molar-refractivity contribution in [2.24, 2.45) is 0 Å². The number of amides is 2. The van der Waals surface area contributed by atoms with E-state index in [9.17, 15) is 9.59 Å². The third-order valence-electron chi connectivity index (χ3n) is 4.86. The molecule has 0 bridgehead atoms.